The molecule has 0 unspecified atom stereocenters. The zero-order valence-electron chi connectivity index (χ0n) is 5.01. The zero-order chi connectivity index (χ0) is 6.85. The number of nitrogens with zero attached hydrogens (tertiary/aromatic N) is 1. The van der Waals surface area contributed by atoms with Gasteiger partial charge in [0, 0.05) is 13.2 Å². The lowest BCUT2D eigenvalue weighted by Gasteiger charge is -2.03. The minimum absolute atomic E-state index is 0.354. The maximum atomic E-state index is 10.0. The predicted molar refractivity (Wildman–Crippen MR) is 32.4 cm³/mol. The molecule has 1 heterocycles. The van der Waals surface area contributed by atoms with Gasteiger partial charge in [-0.05, 0) is 0 Å². The summed E-state index contributed by atoms with van der Waals surface area (Å²) in [7, 11) is 1.72. The van der Waals surface area contributed by atoms with Crippen molar-refractivity contribution in [2.75, 3.05) is 7.05 Å². The molecule has 0 atom stereocenters. The van der Waals surface area contributed by atoms with Gasteiger partial charge in [-0.25, -0.2) is 4.79 Å². The van der Waals surface area contributed by atoms with Crippen LogP contribution in [0.25, 0.3) is 0 Å². The van der Waals surface area contributed by atoms with Crippen LogP contribution in [0.5, 0.6) is 0 Å². The van der Waals surface area contributed by atoms with E-state index in [1.807, 2.05) is 0 Å². The Hall–Kier alpha value is -1.41. The predicted octanol–water partition coefficient (Wildman–Crippen LogP) is -1.05. The van der Waals surface area contributed by atoms with E-state index >= 15 is 0 Å². The van der Waals surface area contributed by atoms with Crippen molar-refractivity contribution in [3.8, 4) is 0 Å². The van der Waals surface area contributed by atoms with Gasteiger partial charge in [0.05, 0.1) is 0 Å². The summed E-state index contributed by atoms with van der Waals surface area (Å²) in [5, 5.41) is 2.61. The van der Waals surface area contributed by atoms with Crippen molar-refractivity contribution in [2.24, 2.45) is 5.73 Å². The highest BCUT2D eigenvalue weighted by atomic mass is 16.1. The first-order valence-electron chi connectivity index (χ1n) is 2.46. The molecule has 0 radical (unpaired) electrons. The first-order valence-corrected chi connectivity index (χ1v) is 2.46. The second-order valence-corrected chi connectivity index (χ2v) is 1.77. The molecule has 0 aliphatic carbocycles. The number of hydrogen-bond donors (Lipinski definition) is 2. The molecule has 9 heavy (non-hydrogen) atoms. The average Bonchev–Trinajstić information content (AvgIpc) is 2.10. The fourth-order valence-electron chi connectivity index (χ4n) is 0.628. The normalized spacial score (nSPS) is 16.8. The van der Waals surface area contributed by atoms with Crippen molar-refractivity contribution in [1.29, 1.82) is 0 Å². The lowest BCUT2D eigenvalue weighted by atomic mass is 10.7. The van der Waals surface area contributed by atoms with E-state index in [1.54, 1.807) is 24.1 Å². The summed E-state index contributed by atoms with van der Waals surface area (Å²) >= 11 is 0. The smallest absolute Gasteiger partial charge is 0.198 e. The Labute approximate surface area is 52.6 Å². The van der Waals surface area contributed by atoms with E-state index < -0.39 is 0 Å². The molecule has 0 saturated carbocycles. The second kappa shape index (κ2) is 1.84. The van der Waals surface area contributed by atoms with E-state index in [1.165, 1.54) is 0 Å². The number of nitrogens with two attached hydrogens (primary N) is 1. The lowest BCUT2D eigenvalue weighted by Crippen LogP contribution is -2.18. The molecule has 0 amide bonds. The number of nitrogens with one attached hydrogen (secondary N) is 1. The molecule has 4 heteroatoms. The Kier molecular flexibility index (Phi) is 1.17. The molecule has 4 nitrogen and oxygen atoms in total. The highest BCUT2D eigenvalue weighted by Crippen LogP contribution is 2.03. The van der Waals surface area contributed by atoms with Crippen LogP contribution in [0.15, 0.2) is 17.8 Å². The molecule has 0 fully saturated rings. The maximum absolute atomic E-state index is 10.0. The first-order chi connectivity index (χ1) is 4.24. The van der Waals surface area contributed by atoms with Crippen LogP contribution in [-0.4, -0.2) is 17.9 Å². The van der Waals surface area contributed by atoms with Gasteiger partial charge in [0.15, 0.2) is 11.8 Å². The molecule has 0 bridgehead atoms. The first kappa shape index (κ1) is 5.72. The fraction of sp³-hybridized carbons (Fsp3) is 0.200. The van der Waals surface area contributed by atoms with Gasteiger partial charge in [0.1, 0.15) is 5.82 Å². The lowest BCUT2D eigenvalue weighted by molar-refractivity contribution is 0.535. The van der Waals surface area contributed by atoms with Crippen LogP contribution in [0.2, 0.25) is 0 Å². The van der Waals surface area contributed by atoms with Crippen molar-refractivity contribution in [3.63, 3.8) is 0 Å². The van der Waals surface area contributed by atoms with Crippen LogP contribution in [-0.2, 0) is 4.79 Å². The van der Waals surface area contributed by atoms with Crippen LogP contribution in [0.3, 0.4) is 0 Å². The van der Waals surface area contributed by atoms with E-state index in [0.717, 1.165) is 0 Å². The van der Waals surface area contributed by atoms with Crippen molar-refractivity contribution in [1.82, 2.24) is 10.2 Å². The summed E-state index contributed by atoms with van der Waals surface area (Å²) in [5.74, 6) is 2.52. The average molecular weight is 125 g/mol. The molecule has 1 aliphatic heterocycles. The molecule has 1 aliphatic rings. The fourth-order valence-corrected chi connectivity index (χ4v) is 0.628. The minimum atomic E-state index is 0.354. The Balaban J connectivity index is 2.83. The van der Waals surface area contributed by atoms with Crippen molar-refractivity contribution in [2.45, 2.75) is 0 Å². The highest BCUT2D eigenvalue weighted by molar-refractivity contribution is 5.53. The third kappa shape index (κ3) is 0.876. The topological polar surface area (TPSA) is 58.4 Å². The Morgan fingerprint density at radius 3 is 2.78 bits per heavy atom. The highest BCUT2D eigenvalue weighted by Gasteiger charge is 2.10. The van der Waals surface area contributed by atoms with Gasteiger partial charge in [-0.3, -0.25) is 0 Å². The summed E-state index contributed by atoms with van der Waals surface area (Å²) in [6, 6.07) is 0. The van der Waals surface area contributed by atoms with E-state index in [2.05, 4.69) is 5.32 Å². The zero-order valence-corrected chi connectivity index (χ0v) is 5.01. The second-order valence-electron chi connectivity index (χ2n) is 1.77. The summed E-state index contributed by atoms with van der Waals surface area (Å²) in [6.45, 7) is 0. The molecule has 0 aromatic rings. The molecule has 0 aromatic heterocycles. The third-order valence-corrected chi connectivity index (χ3v) is 1.04. The van der Waals surface area contributed by atoms with Gasteiger partial charge in [0.25, 0.3) is 0 Å². The SMILES string of the molecule is CN1C=C(N)NC1=C=O. The maximum Gasteiger partial charge on any atom is 0.198 e. The van der Waals surface area contributed by atoms with E-state index in [0.29, 0.717) is 11.6 Å². The van der Waals surface area contributed by atoms with Crippen LogP contribution < -0.4 is 11.1 Å². The minimum Gasteiger partial charge on any atom is -0.384 e. The van der Waals surface area contributed by atoms with Crippen LogP contribution >= 0.6 is 0 Å². The van der Waals surface area contributed by atoms with Gasteiger partial charge in [0.2, 0.25) is 0 Å². The quantitative estimate of drug-likeness (QED) is 0.406. The number of hydrogen-bond acceptors (Lipinski definition) is 4. The standard InChI is InChI=1S/C5H7N3O/c1-8-2-4(6)7-5(8)3-9/h2,7H,6H2,1H3. The molecular weight excluding hydrogens is 118 g/mol. The third-order valence-electron chi connectivity index (χ3n) is 1.04. The van der Waals surface area contributed by atoms with E-state index in [-0.39, 0.29) is 0 Å². The molecule has 0 spiro atoms. The van der Waals surface area contributed by atoms with Crippen molar-refractivity contribution in [3.05, 3.63) is 17.8 Å². The largest absolute Gasteiger partial charge is 0.384 e. The van der Waals surface area contributed by atoms with Crippen molar-refractivity contribution >= 4 is 5.94 Å². The molecule has 1 rings (SSSR count). The molecular formula is C5H7N3O. The summed E-state index contributed by atoms with van der Waals surface area (Å²) < 4.78 is 0. The monoisotopic (exact) mass is 125 g/mol. The van der Waals surface area contributed by atoms with Crippen LogP contribution in [0.1, 0.15) is 0 Å². The summed E-state index contributed by atoms with van der Waals surface area (Å²) in [4.78, 5) is 11.6. The van der Waals surface area contributed by atoms with Crippen LogP contribution in [0.4, 0.5) is 0 Å². The Morgan fingerprint density at radius 2 is 2.56 bits per heavy atom. The van der Waals surface area contributed by atoms with E-state index in [4.69, 9.17) is 5.73 Å². The molecule has 3 N–H and O–H groups in total. The Morgan fingerprint density at radius 1 is 1.89 bits per heavy atom. The van der Waals surface area contributed by atoms with Gasteiger partial charge in [-0.2, -0.15) is 0 Å². The molecule has 0 aromatic carbocycles. The Bertz CT molecular complexity index is 202. The van der Waals surface area contributed by atoms with Gasteiger partial charge >= 0.3 is 0 Å². The summed E-state index contributed by atoms with van der Waals surface area (Å²) in [6.07, 6.45) is 1.61. The summed E-state index contributed by atoms with van der Waals surface area (Å²) in [5.41, 5.74) is 5.30. The van der Waals surface area contributed by atoms with Gasteiger partial charge < -0.3 is 16.0 Å². The van der Waals surface area contributed by atoms with Gasteiger partial charge in [-0.1, -0.05) is 0 Å². The van der Waals surface area contributed by atoms with Gasteiger partial charge in [-0.15, -0.1) is 0 Å². The van der Waals surface area contributed by atoms with Crippen LogP contribution in [0, 0.1) is 0 Å². The van der Waals surface area contributed by atoms with Crippen molar-refractivity contribution < 1.29 is 4.79 Å². The van der Waals surface area contributed by atoms with E-state index in [9.17, 15) is 4.79 Å². The number of carbonyl (C=O) groups excluding carboxylic acids is 1. The number of rotatable bonds is 0. The molecule has 48 valence electrons. The molecule has 0 saturated heterocycles.